The van der Waals surface area contributed by atoms with E-state index in [0.29, 0.717) is 25.6 Å². The minimum atomic E-state index is -0.360. The Morgan fingerprint density at radius 2 is 2.00 bits per heavy atom. The van der Waals surface area contributed by atoms with Crippen LogP contribution in [0.1, 0.15) is 44.1 Å². The summed E-state index contributed by atoms with van der Waals surface area (Å²) in [7, 11) is 0. The summed E-state index contributed by atoms with van der Waals surface area (Å²) >= 11 is 0. The number of likely N-dealkylation sites (tertiary alicyclic amines) is 1. The first-order chi connectivity index (χ1) is 11.7. The number of benzene rings is 1. The Bertz CT molecular complexity index is 609. The van der Waals surface area contributed by atoms with E-state index in [9.17, 15) is 9.59 Å². The second-order valence-electron chi connectivity index (χ2n) is 6.76. The number of rotatable bonds is 5. The molecule has 0 spiro atoms. The van der Waals surface area contributed by atoms with E-state index in [-0.39, 0.29) is 23.8 Å². The summed E-state index contributed by atoms with van der Waals surface area (Å²) in [6, 6.07) is 10.2. The van der Waals surface area contributed by atoms with Crippen LogP contribution in [0.25, 0.3) is 0 Å². The third kappa shape index (κ3) is 3.10. The highest BCUT2D eigenvalue weighted by Gasteiger charge is 2.42. The van der Waals surface area contributed by atoms with Crippen LogP contribution in [0.5, 0.6) is 0 Å². The molecule has 2 aliphatic rings. The molecule has 1 saturated carbocycles. The summed E-state index contributed by atoms with van der Waals surface area (Å²) in [4.78, 5) is 29.1. The van der Waals surface area contributed by atoms with Crippen molar-refractivity contribution in [3.63, 3.8) is 0 Å². The van der Waals surface area contributed by atoms with Crippen molar-refractivity contribution in [3.8, 4) is 0 Å². The standard InChI is InChI=1S/C20H26N2O2/c1-3-19(23)22-14-16(15-9-6-5-7-10-15)13-18(22)20(24)21(4-2)17-11-8-12-17/h3,5-7,9-10,16-18H,1,4,8,11-14H2,2H3/t16-,18+/m1/s1. The first-order valence-electron chi connectivity index (χ1n) is 8.94. The molecule has 4 nitrogen and oxygen atoms in total. The number of hydrogen-bond donors (Lipinski definition) is 0. The molecule has 3 rings (SSSR count). The molecule has 1 heterocycles. The molecule has 0 bridgehead atoms. The van der Waals surface area contributed by atoms with Crippen molar-refractivity contribution in [3.05, 3.63) is 48.6 Å². The minimum absolute atomic E-state index is 0.107. The maximum absolute atomic E-state index is 13.1. The Morgan fingerprint density at radius 3 is 2.54 bits per heavy atom. The first-order valence-corrected chi connectivity index (χ1v) is 8.94. The highest BCUT2D eigenvalue weighted by Crippen LogP contribution is 2.34. The van der Waals surface area contributed by atoms with E-state index in [0.717, 1.165) is 12.8 Å². The van der Waals surface area contributed by atoms with E-state index in [4.69, 9.17) is 0 Å². The molecule has 1 aliphatic carbocycles. The van der Waals surface area contributed by atoms with Gasteiger partial charge in [0.25, 0.3) is 0 Å². The summed E-state index contributed by atoms with van der Waals surface area (Å²) in [5.74, 6) is 0.177. The van der Waals surface area contributed by atoms with Crippen LogP contribution in [0.3, 0.4) is 0 Å². The van der Waals surface area contributed by atoms with Crippen LogP contribution >= 0.6 is 0 Å². The van der Waals surface area contributed by atoms with E-state index in [1.807, 2.05) is 30.0 Å². The third-order valence-electron chi connectivity index (χ3n) is 5.45. The van der Waals surface area contributed by atoms with Gasteiger partial charge in [-0.25, -0.2) is 0 Å². The summed E-state index contributed by atoms with van der Waals surface area (Å²) in [6.45, 7) is 6.94. The van der Waals surface area contributed by atoms with Gasteiger partial charge in [-0.05, 0) is 44.2 Å². The lowest BCUT2D eigenvalue weighted by Gasteiger charge is -2.39. The maximum atomic E-state index is 13.1. The van der Waals surface area contributed by atoms with E-state index in [1.165, 1.54) is 18.1 Å². The Hall–Kier alpha value is -2.10. The van der Waals surface area contributed by atoms with Gasteiger partial charge in [0.2, 0.25) is 11.8 Å². The summed E-state index contributed by atoms with van der Waals surface area (Å²) < 4.78 is 0. The van der Waals surface area contributed by atoms with Crippen molar-refractivity contribution in [1.82, 2.24) is 9.80 Å². The number of amides is 2. The molecule has 1 aliphatic heterocycles. The number of carbonyl (C=O) groups excluding carboxylic acids is 2. The van der Waals surface area contributed by atoms with Crippen molar-refractivity contribution in [2.24, 2.45) is 0 Å². The fourth-order valence-electron chi connectivity index (χ4n) is 3.88. The second kappa shape index (κ2) is 7.20. The second-order valence-corrected chi connectivity index (χ2v) is 6.76. The maximum Gasteiger partial charge on any atom is 0.246 e. The van der Waals surface area contributed by atoms with Gasteiger partial charge in [-0.15, -0.1) is 0 Å². The number of hydrogen-bond acceptors (Lipinski definition) is 2. The van der Waals surface area contributed by atoms with E-state index in [1.54, 1.807) is 4.90 Å². The van der Waals surface area contributed by atoms with Crippen LogP contribution in [-0.4, -0.2) is 46.8 Å². The van der Waals surface area contributed by atoms with Crippen LogP contribution in [0.4, 0.5) is 0 Å². The van der Waals surface area contributed by atoms with Gasteiger partial charge in [0.1, 0.15) is 6.04 Å². The Balaban J connectivity index is 1.81. The van der Waals surface area contributed by atoms with Gasteiger partial charge in [-0.1, -0.05) is 36.9 Å². The molecule has 128 valence electrons. The molecular weight excluding hydrogens is 300 g/mol. The molecule has 0 N–H and O–H groups in total. The zero-order valence-electron chi connectivity index (χ0n) is 14.4. The third-order valence-corrected chi connectivity index (χ3v) is 5.45. The topological polar surface area (TPSA) is 40.6 Å². The van der Waals surface area contributed by atoms with Crippen LogP contribution in [-0.2, 0) is 9.59 Å². The molecule has 1 aromatic rings. The zero-order valence-corrected chi connectivity index (χ0v) is 14.4. The molecule has 2 atom stereocenters. The molecule has 24 heavy (non-hydrogen) atoms. The number of nitrogens with zero attached hydrogens (tertiary/aromatic N) is 2. The normalized spacial score (nSPS) is 23.6. The Labute approximate surface area is 144 Å². The smallest absolute Gasteiger partial charge is 0.246 e. The minimum Gasteiger partial charge on any atom is -0.338 e. The average Bonchev–Trinajstić information content (AvgIpc) is 3.02. The van der Waals surface area contributed by atoms with Gasteiger partial charge < -0.3 is 9.80 Å². The molecule has 1 aromatic carbocycles. The van der Waals surface area contributed by atoms with Crippen LogP contribution < -0.4 is 0 Å². The highest BCUT2D eigenvalue weighted by molar-refractivity contribution is 5.93. The molecule has 0 radical (unpaired) electrons. The van der Waals surface area contributed by atoms with E-state index in [2.05, 4.69) is 18.7 Å². The largest absolute Gasteiger partial charge is 0.338 e. The van der Waals surface area contributed by atoms with E-state index < -0.39 is 0 Å². The molecule has 4 heteroatoms. The summed E-state index contributed by atoms with van der Waals surface area (Å²) in [5, 5.41) is 0. The van der Waals surface area contributed by atoms with Crippen LogP contribution in [0.2, 0.25) is 0 Å². The molecule has 0 aromatic heterocycles. The number of likely N-dealkylation sites (N-methyl/N-ethyl adjacent to an activating group) is 1. The summed E-state index contributed by atoms with van der Waals surface area (Å²) in [6.07, 6.45) is 5.40. The molecule has 0 unspecified atom stereocenters. The van der Waals surface area contributed by atoms with Crippen molar-refractivity contribution in [2.45, 2.75) is 50.6 Å². The Kier molecular flexibility index (Phi) is 5.03. The fourth-order valence-corrected chi connectivity index (χ4v) is 3.88. The lowest BCUT2D eigenvalue weighted by Crippen LogP contribution is -2.52. The fraction of sp³-hybridized carbons (Fsp3) is 0.500. The van der Waals surface area contributed by atoms with Gasteiger partial charge in [-0.3, -0.25) is 9.59 Å². The molecule has 1 saturated heterocycles. The van der Waals surface area contributed by atoms with Gasteiger partial charge in [-0.2, -0.15) is 0 Å². The Morgan fingerprint density at radius 1 is 1.29 bits per heavy atom. The lowest BCUT2D eigenvalue weighted by molar-refractivity contribution is -0.144. The van der Waals surface area contributed by atoms with Crippen molar-refractivity contribution < 1.29 is 9.59 Å². The van der Waals surface area contributed by atoms with Gasteiger partial charge >= 0.3 is 0 Å². The SMILES string of the molecule is C=CC(=O)N1C[C@H](c2ccccc2)C[C@H]1C(=O)N(CC)C1CCC1. The monoisotopic (exact) mass is 326 g/mol. The van der Waals surface area contributed by atoms with Crippen LogP contribution in [0, 0.1) is 0 Å². The number of carbonyl (C=O) groups is 2. The van der Waals surface area contributed by atoms with Crippen molar-refractivity contribution >= 4 is 11.8 Å². The predicted molar refractivity (Wildman–Crippen MR) is 94.5 cm³/mol. The zero-order chi connectivity index (χ0) is 17.1. The van der Waals surface area contributed by atoms with Gasteiger partial charge in [0, 0.05) is 25.0 Å². The van der Waals surface area contributed by atoms with Gasteiger partial charge in [0.05, 0.1) is 0 Å². The highest BCUT2D eigenvalue weighted by atomic mass is 16.2. The first kappa shape index (κ1) is 16.7. The quantitative estimate of drug-likeness (QED) is 0.781. The van der Waals surface area contributed by atoms with E-state index >= 15 is 0 Å². The average molecular weight is 326 g/mol. The summed E-state index contributed by atoms with van der Waals surface area (Å²) in [5.41, 5.74) is 1.20. The van der Waals surface area contributed by atoms with Crippen molar-refractivity contribution in [2.75, 3.05) is 13.1 Å². The van der Waals surface area contributed by atoms with Crippen LogP contribution in [0.15, 0.2) is 43.0 Å². The lowest BCUT2D eigenvalue weighted by atomic mass is 9.90. The molecule has 2 amide bonds. The predicted octanol–water partition coefficient (Wildman–Crippen LogP) is 2.96. The van der Waals surface area contributed by atoms with Gasteiger partial charge in [0.15, 0.2) is 0 Å². The molecule has 2 fully saturated rings. The van der Waals surface area contributed by atoms with Crippen molar-refractivity contribution in [1.29, 1.82) is 0 Å². The molecular formula is C20H26N2O2.